The van der Waals surface area contributed by atoms with E-state index in [-0.39, 0.29) is 35.7 Å². The summed E-state index contributed by atoms with van der Waals surface area (Å²) in [6.45, 7) is 6.03. The summed E-state index contributed by atoms with van der Waals surface area (Å²) in [5.74, 6) is 2.09. The zero-order chi connectivity index (χ0) is 40.7. The van der Waals surface area contributed by atoms with Gasteiger partial charge in [-0.15, -0.1) is 10.2 Å². The van der Waals surface area contributed by atoms with Crippen LogP contribution in [-0.4, -0.2) is 65.8 Å². The molecule has 1 aliphatic rings. The molecule has 0 N–H and O–H groups in total. The summed E-state index contributed by atoms with van der Waals surface area (Å²) in [4.78, 5) is 14.2. The first-order chi connectivity index (χ1) is 27.3. The van der Waals surface area contributed by atoms with Crippen LogP contribution in [0.5, 0.6) is 17.2 Å². The van der Waals surface area contributed by atoms with Crippen molar-refractivity contribution in [2.45, 2.75) is 76.6 Å². The van der Waals surface area contributed by atoms with Crippen LogP contribution in [-0.2, 0) is 39.2 Å². The number of tetrazole rings is 1. The number of allylic oxidation sites excluding steroid dienone is 2. The highest BCUT2D eigenvalue weighted by Crippen LogP contribution is 2.43. The minimum absolute atomic E-state index is 0.0304. The van der Waals surface area contributed by atoms with Crippen molar-refractivity contribution in [1.82, 2.24) is 24.5 Å². The number of esters is 1. The Morgan fingerprint density at radius 3 is 1.86 bits per heavy atom. The molecule has 1 heterocycles. The third-order valence-electron chi connectivity index (χ3n) is 9.64. The lowest BCUT2D eigenvalue weighted by molar-refractivity contribution is -0.156. The summed E-state index contributed by atoms with van der Waals surface area (Å²) >= 11 is 3.65. The van der Waals surface area contributed by atoms with Crippen molar-refractivity contribution >= 4 is 37.5 Å². The van der Waals surface area contributed by atoms with Crippen LogP contribution in [0.3, 0.4) is 0 Å². The maximum Gasteiger partial charge on any atom is 0.306 e. The number of hydrogen-bond acceptors (Lipinski definition) is 10. The van der Waals surface area contributed by atoms with Crippen LogP contribution in [0.1, 0.15) is 68.7 Å². The quantitative estimate of drug-likeness (QED) is 0.0944. The minimum atomic E-state index is -4.30. The number of carbonyl (C=O) groups excluding carboxylic acids is 1. The molecule has 1 unspecified atom stereocenters. The molecule has 300 valence electrons. The molecular formula is C43H48BrN5O7S. The molecule has 1 aromatic heterocycles. The van der Waals surface area contributed by atoms with Crippen molar-refractivity contribution in [3.63, 3.8) is 0 Å². The Kier molecular flexibility index (Phi) is 13.2. The van der Waals surface area contributed by atoms with Gasteiger partial charge in [-0.05, 0) is 137 Å². The molecule has 0 aliphatic heterocycles. The standard InChI is InChI=1S/C43H48BrN5O7S/c1-43(2,3)56-39(50)25-29-7-15-33(16-8-29)37-23-24-38(44)41(40(37)42-45-47-49(46-42)28-32-13-21-36(55-6)22-14-32)57(51,52)48(26-30-9-17-34(53-4)18-10-30)27-31-11-19-35(54-5)20-12-31/h9-15,17-24,29H,7-8,16,25-28H2,1-6H3. The number of hydrogen-bond donors (Lipinski definition) is 0. The number of benzene rings is 4. The van der Waals surface area contributed by atoms with E-state index in [1.807, 2.05) is 99.6 Å². The van der Waals surface area contributed by atoms with E-state index in [0.29, 0.717) is 52.9 Å². The van der Waals surface area contributed by atoms with Crippen molar-refractivity contribution in [1.29, 1.82) is 0 Å². The molecule has 1 aliphatic carbocycles. The Morgan fingerprint density at radius 1 is 0.825 bits per heavy atom. The van der Waals surface area contributed by atoms with Crippen LogP contribution in [0, 0.1) is 5.92 Å². The molecule has 0 radical (unpaired) electrons. The van der Waals surface area contributed by atoms with Gasteiger partial charge in [0.15, 0.2) is 0 Å². The molecule has 0 fully saturated rings. The lowest BCUT2D eigenvalue weighted by Gasteiger charge is -2.27. The second kappa shape index (κ2) is 18.0. The van der Waals surface area contributed by atoms with Crippen molar-refractivity contribution in [3.8, 4) is 28.6 Å². The predicted molar refractivity (Wildman–Crippen MR) is 221 cm³/mol. The highest BCUT2D eigenvalue weighted by Gasteiger charge is 2.35. The Balaban J connectivity index is 1.44. The van der Waals surface area contributed by atoms with E-state index in [4.69, 9.17) is 24.0 Å². The minimum Gasteiger partial charge on any atom is -0.497 e. The van der Waals surface area contributed by atoms with E-state index in [2.05, 4.69) is 32.3 Å². The van der Waals surface area contributed by atoms with E-state index in [1.54, 1.807) is 27.4 Å². The maximum atomic E-state index is 15.4. The molecule has 0 amide bonds. The molecule has 12 nitrogen and oxygen atoms in total. The van der Waals surface area contributed by atoms with Crippen LogP contribution >= 0.6 is 15.9 Å². The molecule has 5 aromatic rings. The molecule has 0 spiro atoms. The molecule has 4 aromatic carbocycles. The Morgan fingerprint density at radius 2 is 1.37 bits per heavy atom. The summed E-state index contributed by atoms with van der Waals surface area (Å²) < 4.78 is 54.2. The number of nitrogens with zero attached hydrogens (tertiary/aromatic N) is 5. The highest BCUT2D eigenvalue weighted by molar-refractivity contribution is 9.10. The molecule has 14 heteroatoms. The lowest BCUT2D eigenvalue weighted by atomic mass is 9.83. The first-order valence-electron chi connectivity index (χ1n) is 18.7. The number of ether oxygens (including phenoxy) is 4. The van der Waals surface area contributed by atoms with Gasteiger partial charge in [-0.25, -0.2) is 8.42 Å². The molecule has 0 saturated carbocycles. The monoisotopic (exact) mass is 857 g/mol. The maximum absolute atomic E-state index is 15.4. The number of halogens is 1. The zero-order valence-corrected chi connectivity index (χ0v) is 35.5. The van der Waals surface area contributed by atoms with Crippen LogP contribution in [0.15, 0.2) is 100 Å². The first-order valence-corrected chi connectivity index (χ1v) is 20.9. The molecular weight excluding hydrogens is 810 g/mol. The van der Waals surface area contributed by atoms with Gasteiger partial charge in [-0.2, -0.15) is 9.10 Å². The number of rotatable bonds is 15. The topological polar surface area (TPSA) is 135 Å². The van der Waals surface area contributed by atoms with E-state index >= 15 is 8.42 Å². The summed E-state index contributed by atoms with van der Waals surface area (Å²) in [6, 6.07) is 25.9. The largest absolute Gasteiger partial charge is 0.497 e. The fraction of sp³-hybridized carbons (Fsp3) is 0.349. The molecule has 57 heavy (non-hydrogen) atoms. The summed E-state index contributed by atoms with van der Waals surface area (Å²) in [7, 11) is 0.492. The second-order valence-corrected chi connectivity index (χ2v) is 17.6. The average molecular weight is 859 g/mol. The fourth-order valence-electron chi connectivity index (χ4n) is 6.77. The number of methoxy groups -OCH3 is 3. The number of sulfonamides is 1. The van der Waals surface area contributed by atoms with E-state index < -0.39 is 15.6 Å². The second-order valence-electron chi connectivity index (χ2n) is 14.9. The van der Waals surface area contributed by atoms with Gasteiger partial charge < -0.3 is 18.9 Å². The average Bonchev–Trinajstić information content (AvgIpc) is 3.66. The van der Waals surface area contributed by atoms with Gasteiger partial charge in [0.2, 0.25) is 15.8 Å². The third kappa shape index (κ3) is 10.5. The smallest absolute Gasteiger partial charge is 0.306 e. The molecule has 6 rings (SSSR count). The number of aromatic nitrogens is 4. The summed E-state index contributed by atoms with van der Waals surface area (Å²) in [5, 5.41) is 13.6. The van der Waals surface area contributed by atoms with Crippen LogP contribution in [0.2, 0.25) is 0 Å². The van der Waals surface area contributed by atoms with Gasteiger partial charge in [0.1, 0.15) is 27.7 Å². The van der Waals surface area contributed by atoms with E-state index in [0.717, 1.165) is 34.4 Å². The lowest BCUT2D eigenvalue weighted by Crippen LogP contribution is -2.31. The summed E-state index contributed by atoms with van der Waals surface area (Å²) in [5.41, 5.74) is 3.87. The fourth-order valence-corrected chi connectivity index (χ4v) is 9.38. The van der Waals surface area contributed by atoms with Gasteiger partial charge in [-0.3, -0.25) is 4.79 Å². The highest BCUT2D eigenvalue weighted by atomic mass is 79.9. The van der Waals surface area contributed by atoms with Gasteiger partial charge in [0.05, 0.1) is 33.4 Å². The Labute approximate surface area is 343 Å². The third-order valence-corrected chi connectivity index (χ3v) is 12.4. The SMILES string of the molecule is COc1ccc(CN(Cc2ccc(OC)cc2)S(=O)(=O)c2c(Br)ccc(C3=CCC(CC(=O)OC(C)(C)C)CC3)c2-c2nnn(Cc3ccc(OC)cc3)n2)cc1. The van der Waals surface area contributed by atoms with Crippen LogP contribution in [0.4, 0.5) is 0 Å². The normalized spacial score (nSPS) is 14.6. The predicted octanol–water partition coefficient (Wildman–Crippen LogP) is 8.48. The van der Waals surface area contributed by atoms with Crippen molar-refractivity contribution in [3.05, 3.63) is 118 Å². The number of carbonyl (C=O) groups is 1. The van der Waals surface area contributed by atoms with Crippen molar-refractivity contribution in [2.24, 2.45) is 5.92 Å². The zero-order valence-electron chi connectivity index (χ0n) is 33.1. The Bertz CT molecular complexity index is 2250. The van der Waals surface area contributed by atoms with Crippen LogP contribution in [0.25, 0.3) is 17.0 Å². The van der Waals surface area contributed by atoms with Gasteiger partial charge in [-0.1, -0.05) is 48.5 Å². The van der Waals surface area contributed by atoms with E-state index in [9.17, 15) is 4.79 Å². The van der Waals surface area contributed by atoms with E-state index in [1.165, 1.54) is 9.10 Å². The van der Waals surface area contributed by atoms with Crippen molar-refractivity contribution < 1.29 is 32.2 Å². The molecule has 1 atom stereocenters. The Hall–Kier alpha value is -5.05. The first kappa shape index (κ1) is 41.6. The van der Waals surface area contributed by atoms with Gasteiger partial charge in [0, 0.05) is 24.0 Å². The van der Waals surface area contributed by atoms with Crippen molar-refractivity contribution in [2.75, 3.05) is 21.3 Å². The summed E-state index contributed by atoms with van der Waals surface area (Å²) in [6.07, 6.45) is 4.37. The van der Waals surface area contributed by atoms with Gasteiger partial charge >= 0.3 is 5.97 Å². The molecule has 0 bridgehead atoms. The van der Waals surface area contributed by atoms with Gasteiger partial charge in [0.25, 0.3) is 0 Å². The van der Waals surface area contributed by atoms with Crippen LogP contribution < -0.4 is 14.2 Å². The molecule has 0 saturated heterocycles.